The highest BCUT2D eigenvalue weighted by Crippen LogP contribution is 2.40. The smallest absolute Gasteiger partial charge is 0.361 e. The highest BCUT2D eigenvalue weighted by Gasteiger charge is 2.43. The number of amides is 2. The number of carbonyl (C=O) groups is 1. The summed E-state index contributed by atoms with van der Waals surface area (Å²) in [4.78, 5) is 24.5. The second-order valence-electron chi connectivity index (χ2n) is 7.88. The van der Waals surface area contributed by atoms with E-state index in [-0.39, 0.29) is 12.2 Å². The van der Waals surface area contributed by atoms with Crippen molar-refractivity contribution in [3.05, 3.63) is 103 Å². The highest BCUT2D eigenvalue weighted by atomic mass is 16.2. The first-order chi connectivity index (χ1) is 16.8. The molecule has 2 aliphatic rings. The Balaban J connectivity index is 1.42. The molecule has 4 heterocycles. The molecule has 0 radical (unpaired) electrons. The highest BCUT2D eigenvalue weighted by molar-refractivity contribution is 6.02. The number of nitrogens with zero attached hydrogens (tertiary/aromatic N) is 5. The lowest BCUT2D eigenvalue weighted by molar-refractivity contribution is 0.226. The molecule has 2 amide bonds. The van der Waals surface area contributed by atoms with Crippen LogP contribution in [0.1, 0.15) is 0 Å². The molecule has 2 aromatic heterocycles. The summed E-state index contributed by atoms with van der Waals surface area (Å²) in [6.07, 6.45) is 2.61. The number of rotatable bonds is 4. The molecule has 9 heteroatoms. The third kappa shape index (κ3) is 3.49. The van der Waals surface area contributed by atoms with Gasteiger partial charge in [-0.2, -0.15) is 0 Å². The maximum Gasteiger partial charge on any atom is 0.361 e. The van der Waals surface area contributed by atoms with Gasteiger partial charge in [0, 0.05) is 18.1 Å². The van der Waals surface area contributed by atoms with Gasteiger partial charge in [-0.3, -0.25) is 0 Å². The average Bonchev–Trinajstić information content (AvgIpc) is 3.30. The second kappa shape index (κ2) is 8.47. The number of pyridine rings is 2. The van der Waals surface area contributed by atoms with Crippen LogP contribution in [0.4, 0.5) is 33.5 Å². The molecule has 2 aromatic carbocycles. The summed E-state index contributed by atoms with van der Waals surface area (Å²) in [7, 11) is 0. The number of hydrazine groups is 2. The Kier molecular flexibility index (Phi) is 5.02. The molecule has 1 unspecified atom stereocenters. The van der Waals surface area contributed by atoms with Crippen LogP contribution in [0.5, 0.6) is 0 Å². The first kappa shape index (κ1) is 20.2. The molecule has 3 N–H and O–H groups in total. The summed E-state index contributed by atoms with van der Waals surface area (Å²) in [5.41, 5.74) is 9.75. The van der Waals surface area contributed by atoms with Gasteiger partial charge in [-0.15, -0.1) is 0 Å². The number of nitrogens with one attached hydrogen (secondary N) is 3. The predicted molar refractivity (Wildman–Crippen MR) is 131 cm³/mol. The molecule has 2 aliphatic heterocycles. The molecule has 1 fully saturated rings. The van der Waals surface area contributed by atoms with Crippen molar-refractivity contribution in [3.63, 3.8) is 0 Å². The summed E-state index contributed by atoms with van der Waals surface area (Å²) in [5, 5.41) is 6.50. The Bertz CT molecular complexity index is 1240. The van der Waals surface area contributed by atoms with E-state index in [0.717, 1.165) is 17.1 Å². The standard InChI is InChI=1S/C25H22N8O/c34-25-32(21-14-6-8-16-26-21)29-23(30-33(25)22-15-7-9-17-27-22)24-28-19-12-4-5-13-20(19)31(24)18-10-2-1-3-11-18/h1-17,23-24,28-30H. The van der Waals surface area contributed by atoms with Gasteiger partial charge in [-0.25, -0.2) is 35.6 Å². The number of benzene rings is 2. The van der Waals surface area contributed by atoms with Crippen molar-refractivity contribution >= 4 is 34.7 Å². The van der Waals surface area contributed by atoms with E-state index >= 15 is 0 Å². The van der Waals surface area contributed by atoms with Crippen LogP contribution in [0.2, 0.25) is 0 Å². The molecule has 9 nitrogen and oxygen atoms in total. The lowest BCUT2D eigenvalue weighted by Crippen LogP contribution is -2.74. The van der Waals surface area contributed by atoms with Crippen molar-refractivity contribution < 1.29 is 4.79 Å². The number of carbonyl (C=O) groups excluding carboxylic acids is 1. The van der Waals surface area contributed by atoms with E-state index in [1.54, 1.807) is 24.5 Å². The van der Waals surface area contributed by atoms with E-state index in [9.17, 15) is 4.79 Å². The van der Waals surface area contributed by atoms with E-state index in [2.05, 4.69) is 49.2 Å². The van der Waals surface area contributed by atoms with Gasteiger partial charge in [0.2, 0.25) is 0 Å². The Morgan fingerprint density at radius 2 is 1.26 bits per heavy atom. The number of fused-ring (bicyclic) bond motifs is 1. The molecular weight excluding hydrogens is 428 g/mol. The van der Waals surface area contributed by atoms with Crippen molar-refractivity contribution in [2.45, 2.75) is 12.3 Å². The van der Waals surface area contributed by atoms with Crippen LogP contribution < -0.4 is 31.1 Å². The Morgan fingerprint density at radius 3 is 1.88 bits per heavy atom. The van der Waals surface area contributed by atoms with Crippen molar-refractivity contribution in [3.8, 4) is 0 Å². The zero-order chi connectivity index (χ0) is 22.9. The second-order valence-corrected chi connectivity index (χ2v) is 7.88. The summed E-state index contributed by atoms with van der Waals surface area (Å²) < 4.78 is 0. The molecule has 0 bridgehead atoms. The van der Waals surface area contributed by atoms with Gasteiger partial charge in [0.05, 0.1) is 11.4 Å². The minimum atomic E-state index is -0.436. The lowest BCUT2D eigenvalue weighted by atomic mass is 10.2. The van der Waals surface area contributed by atoms with Gasteiger partial charge in [-0.05, 0) is 48.5 Å². The number of anilines is 5. The summed E-state index contributed by atoms with van der Waals surface area (Å²) >= 11 is 0. The monoisotopic (exact) mass is 450 g/mol. The number of urea groups is 1. The molecule has 168 valence electrons. The minimum absolute atomic E-state index is 0.273. The van der Waals surface area contributed by atoms with Gasteiger partial charge in [-0.1, -0.05) is 42.5 Å². The zero-order valence-corrected chi connectivity index (χ0v) is 18.1. The third-order valence-corrected chi connectivity index (χ3v) is 5.77. The number of aromatic nitrogens is 2. The molecule has 1 saturated heterocycles. The maximum absolute atomic E-state index is 13.5. The van der Waals surface area contributed by atoms with E-state index in [1.807, 2.05) is 60.7 Å². The molecule has 0 spiro atoms. The van der Waals surface area contributed by atoms with E-state index in [1.165, 1.54) is 10.0 Å². The maximum atomic E-state index is 13.5. The van der Waals surface area contributed by atoms with Crippen LogP contribution in [0.25, 0.3) is 0 Å². The molecule has 0 saturated carbocycles. The van der Waals surface area contributed by atoms with Crippen LogP contribution in [0.15, 0.2) is 103 Å². The molecule has 34 heavy (non-hydrogen) atoms. The van der Waals surface area contributed by atoms with Crippen molar-refractivity contribution in [1.29, 1.82) is 0 Å². The average molecular weight is 451 g/mol. The number of para-hydroxylation sites is 3. The summed E-state index contributed by atoms with van der Waals surface area (Å²) in [5.74, 6) is 0.975. The first-order valence-corrected chi connectivity index (χ1v) is 11.0. The fourth-order valence-electron chi connectivity index (χ4n) is 4.26. The first-order valence-electron chi connectivity index (χ1n) is 11.0. The third-order valence-electron chi connectivity index (χ3n) is 5.77. The van der Waals surface area contributed by atoms with Crippen LogP contribution in [-0.4, -0.2) is 28.3 Å². The predicted octanol–water partition coefficient (Wildman–Crippen LogP) is 3.85. The SMILES string of the molecule is O=C1N(c2ccccn2)NC(C2Nc3ccccc3N2c2ccccc2)NN1c1ccccn1. The van der Waals surface area contributed by atoms with Gasteiger partial charge in [0.15, 0.2) is 11.6 Å². The molecule has 0 aliphatic carbocycles. The fourth-order valence-corrected chi connectivity index (χ4v) is 4.26. The zero-order valence-electron chi connectivity index (χ0n) is 18.1. The van der Waals surface area contributed by atoms with E-state index in [0.29, 0.717) is 11.6 Å². The number of hydrogen-bond donors (Lipinski definition) is 3. The van der Waals surface area contributed by atoms with E-state index < -0.39 is 6.17 Å². The van der Waals surface area contributed by atoms with Crippen LogP contribution in [0.3, 0.4) is 0 Å². The van der Waals surface area contributed by atoms with Crippen molar-refractivity contribution in [2.24, 2.45) is 0 Å². The molecule has 4 aromatic rings. The fraction of sp³-hybridized carbons (Fsp3) is 0.0800. The normalized spacial score (nSPS) is 18.1. The lowest BCUT2D eigenvalue weighted by Gasteiger charge is -2.44. The van der Waals surface area contributed by atoms with Gasteiger partial charge >= 0.3 is 6.03 Å². The molecular formula is C25H22N8O. The van der Waals surface area contributed by atoms with Gasteiger partial charge < -0.3 is 10.2 Å². The molecule has 6 rings (SSSR count). The summed E-state index contributed by atoms with van der Waals surface area (Å²) in [6.45, 7) is 0. The van der Waals surface area contributed by atoms with Crippen molar-refractivity contribution in [1.82, 2.24) is 20.8 Å². The van der Waals surface area contributed by atoms with Gasteiger partial charge in [0.1, 0.15) is 12.3 Å². The van der Waals surface area contributed by atoms with Crippen LogP contribution >= 0.6 is 0 Å². The molecule has 1 atom stereocenters. The topological polar surface area (TPSA) is 88.7 Å². The van der Waals surface area contributed by atoms with E-state index in [4.69, 9.17) is 0 Å². The van der Waals surface area contributed by atoms with Crippen molar-refractivity contribution in [2.75, 3.05) is 20.2 Å². The van der Waals surface area contributed by atoms with Gasteiger partial charge in [0.25, 0.3) is 0 Å². The Labute approximate surface area is 196 Å². The largest absolute Gasteiger partial charge is 0.361 e. The Hall–Kier alpha value is -4.47. The van der Waals surface area contributed by atoms with Crippen LogP contribution in [0, 0.1) is 0 Å². The quantitative estimate of drug-likeness (QED) is 0.435. The van der Waals surface area contributed by atoms with Crippen LogP contribution in [-0.2, 0) is 0 Å². The Morgan fingerprint density at radius 1 is 0.676 bits per heavy atom. The number of hydrogen-bond acceptors (Lipinski definition) is 7. The minimum Gasteiger partial charge on any atom is -0.361 e. The summed E-state index contributed by atoms with van der Waals surface area (Å²) in [6, 6.07) is 28.9.